The Bertz CT molecular complexity index is 600. The van der Waals surface area contributed by atoms with E-state index < -0.39 is 10.0 Å². The zero-order valence-corrected chi connectivity index (χ0v) is 11.5. The standard InChI is InChI=1S/C14H18N2O2S/c17-19(18,16-12-5-1-2-6-12)13-8-7-11-4-3-9-15-14(11)10-13/h1-2,7-8,10,12,15-16H,3-6,9H2. The maximum absolute atomic E-state index is 12.3. The van der Waals surface area contributed by atoms with Crippen molar-refractivity contribution in [3.8, 4) is 0 Å². The van der Waals surface area contributed by atoms with E-state index in [4.69, 9.17) is 0 Å². The number of sulfonamides is 1. The van der Waals surface area contributed by atoms with Gasteiger partial charge in [0.25, 0.3) is 0 Å². The lowest BCUT2D eigenvalue weighted by atomic mass is 10.0. The Morgan fingerprint density at radius 2 is 2.00 bits per heavy atom. The number of rotatable bonds is 3. The summed E-state index contributed by atoms with van der Waals surface area (Å²) in [4.78, 5) is 0.354. The lowest BCUT2D eigenvalue weighted by Crippen LogP contribution is -2.33. The van der Waals surface area contributed by atoms with E-state index in [9.17, 15) is 8.42 Å². The smallest absolute Gasteiger partial charge is 0.240 e. The van der Waals surface area contributed by atoms with Gasteiger partial charge in [-0.25, -0.2) is 13.1 Å². The molecule has 0 saturated heterocycles. The normalized spacial score (nSPS) is 19.2. The SMILES string of the molecule is O=S(=O)(NC1CC=CC1)c1ccc2c(c1)NCCC2. The molecule has 0 saturated carbocycles. The van der Waals surface area contributed by atoms with Crippen molar-refractivity contribution in [1.29, 1.82) is 0 Å². The van der Waals surface area contributed by atoms with Crippen molar-refractivity contribution in [1.82, 2.24) is 4.72 Å². The summed E-state index contributed by atoms with van der Waals surface area (Å²) in [5, 5.41) is 3.26. The Morgan fingerprint density at radius 3 is 2.79 bits per heavy atom. The quantitative estimate of drug-likeness (QED) is 0.832. The van der Waals surface area contributed by atoms with E-state index in [1.807, 2.05) is 18.2 Å². The van der Waals surface area contributed by atoms with Crippen LogP contribution in [-0.4, -0.2) is 21.0 Å². The summed E-state index contributed by atoms with van der Waals surface area (Å²) in [5.74, 6) is 0. The predicted octanol–water partition coefficient (Wildman–Crippen LogP) is 2.04. The lowest BCUT2D eigenvalue weighted by molar-refractivity contribution is 0.557. The van der Waals surface area contributed by atoms with Gasteiger partial charge in [-0.1, -0.05) is 18.2 Å². The second kappa shape index (κ2) is 4.98. The molecular formula is C14H18N2O2S. The Balaban J connectivity index is 1.84. The van der Waals surface area contributed by atoms with Crippen LogP contribution in [0.25, 0.3) is 0 Å². The number of anilines is 1. The van der Waals surface area contributed by atoms with Gasteiger partial charge in [-0.3, -0.25) is 0 Å². The molecule has 0 atom stereocenters. The van der Waals surface area contributed by atoms with Crippen LogP contribution in [-0.2, 0) is 16.4 Å². The lowest BCUT2D eigenvalue weighted by Gasteiger charge is -2.19. The van der Waals surface area contributed by atoms with Crippen molar-refractivity contribution in [3.05, 3.63) is 35.9 Å². The molecule has 3 rings (SSSR count). The van der Waals surface area contributed by atoms with Crippen LogP contribution in [0.15, 0.2) is 35.2 Å². The highest BCUT2D eigenvalue weighted by atomic mass is 32.2. The number of nitrogens with one attached hydrogen (secondary N) is 2. The maximum Gasteiger partial charge on any atom is 0.240 e. The van der Waals surface area contributed by atoms with Crippen LogP contribution >= 0.6 is 0 Å². The number of aryl methyl sites for hydroxylation is 1. The Hall–Kier alpha value is -1.33. The van der Waals surface area contributed by atoms with Crippen LogP contribution in [0.5, 0.6) is 0 Å². The van der Waals surface area contributed by atoms with Crippen molar-refractivity contribution in [2.45, 2.75) is 36.6 Å². The molecule has 1 heterocycles. The monoisotopic (exact) mass is 278 g/mol. The molecule has 1 aromatic carbocycles. The first-order valence-corrected chi connectivity index (χ1v) is 8.17. The fraction of sp³-hybridized carbons (Fsp3) is 0.429. The minimum Gasteiger partial charge on any atom is -0.385 e. The number of hydrogen-bond acceptors (Lipinski definition) is 3. The summed E-state index contributed by atoms with van der Waals surface area (Å²) in [7, 11) is -3.41. The second-order valence-corrected chi connectivity index (χ2v) is 6.82. The third-order valence-electron chi connectivity index (χ3n) is 3.66. The highest BCUT2D eigenvalue weighted by Gasteiger charge is 2.22. The van der Waals surface area contributed by atoms with Crippen LogP contribution in [0.3, 0.4) is 0 Å². The molecule has 1 aliphatic carbocycles. The summed E-state index contributed by atoms with van der Waals surface area (Å²) in [6.45, 7) is 0.913. The molecule has 0 bridgehead atoms. The Morgan fingerprint density at radius 1 is 1.21 bits per heavy atom. The zero-order valence-electron chi connectivity index (χ0n) is 10.7. The predicted molar refractivity (Wildman–Crippen MR) is 75.7 cm³/mol. The molecular weight excluding hydrogens is 260 g/mol. The summed E-state index contributed by atoms with van der Waals surface area (Å²) in [6, 6.07) is 5.38. The van der Waals surface area contributed by atoms with E-state index in [0.717, 1.165) is 37.9 Å². The molecule has 1 aliphatic heterocycles. The Labute approximate surface area is 114 Å². The van der Waals surface area contributed by atoms with Gasteiger partial charge in [0.15, 0.2) is 0 Å². The fourth-order valence-electron chi connectivity index (χ4n) is 2.61. The molecule has 102 valence electrons. The molecule has 1 aromatic rings. The summed E-state index contributed by atoms with van der Waals surface area (Å²) in [5.41, 5.74) is 2.16. The average molecular weight is 278 g/mol. The first-order valence-electron chi connectivity index (χ1n) is 6.69. The molecule has 2 aliphatic rings. The highest BCUT2D eigenvalue weighted by molar-refractivity contribution is 7.89. The molecule has 0 fully saturated rings. The van der Waals surface area contributed by atoms with Gasteiger partial charge in [0, 0.05) is 18.3 Å². The van der Waals surface area contributed by atoms with E-state index in [1.54, 1.807) is 12.1 Å². The van der Waals surface area contributed by atoms with Crippen LogP contribution in [0.4, 0.5) is 5.69 Å². The van der Waals surface area contributed by atoms with E-state index in [1.165, 1.54) is 5.56 Å². The highest BCUT2D eigenvalue weighted by Crippen LogP contribution is 2.25. The summed E-state index contributed by atoms with van der Waals surface area (Å²) in [6.07, 6.45) is 7.71. The van der Waals surface area contributed by atoms with Gasteiger partial charge in [-0.15, -0.1) is 0 Å². The Kier molecular flexibility index (Phi) is 3.33. The van der Waals surface area contributed by atoms with Crippen molar-refractivity contribution in [2.24, 2.45) is 0 Å². The van der Waals surface area contributed by atoms with Gasteiger partial charge >= 0.3 is 0 Å². The second-order valence-electron chi connectivity index (χ2n) is 5.11. The van der Waals surface area contributed by atoms with Crippen LogP contribution in [0.2, 0.25) is 0 Å². The molecule has 5 heteroatoms. The van der Waals surface area contributed by atoms with Gasteiger partial charge in [-0.05, 0) is 43.4 Å². The van der Waals surface area contributed by atoms with Gasteiger partial charge in [0.05, 0.1) is 4.90 Å². The molecule has 19 heavy (non-hydrogen) atoms. The van der Waals surface area contributed by atoms with E-state index in [2.05, 4.69) is 10.0 Å². The minimum atomic E-state index is -3.41. The van der Waals surface area contributed by atoms with Crippen molar-refractivity contribution in [3.63, 3.8) is 0 Å². The van der Waals surface area contributed by atoms with Crippen molar-refractivity contribution in [2.75, 3.05) is 11.9 Å². The molecule has 0 aromatic heterocycles. The molecule has 0 radical (unpaired) electrons. The third-order valence-corrected chi connectivity index (χ3v) is 5.18. The van der Waals surface area contributed by atoms with Crippen molar-refractivity contribution < 1.29 is 8.42 Å². The maximum atomic E-state index is 12.3. The molecule has 0 unspecified atom stereocenters. The molecule has 0 amide bonds. The van der Waals surface area contributed by atoms with Crippen LogP contribution < -0.4 is 10.0 Å². The average Bonchev–Trinajstić information content (AvgIpc) is 2.90. The molecule has 4 nitrogen and oxygen atoms in total. The molecule has 2 N–H and O–H groups in total. The van der Waals surface area contributed by atoms with E-state index in [0.29, 0.717) is 4.90 Å². The first kappa shape index (κ1) is 12.7. The third kappa shape index (κ3) is 2.67. The zero-order chi connectivity index (χ0) is 13.3. The summed E-state index contributed by atoms with van der Waals surface area (Å²) < 4.78 is 27.4. The first-order chi connectivity index (χ1) is 9.15. The fourth-order valence-corrected chi connectivity index (χ4v) is 3.90. The van der Waals surface area contributed by atoms with Gasteiger partial charge < -0.3 is 5.32 Å². The summed E-state index contributed by atoms with van der Waals surface area (Å²) >= 11 is 0. The minimum absolute atomic E-state index is 0.00833. The van der Waals surface area contributed by atoms with Gasteiger partial charge in [0.1, 0.15) is 0 Å². The molecule has 0 spiro atoms. The van der Waals surface area contributed by atoms with E-state index in [-0.39, 0.29) is 6.04 Å². The van der Waals surface area contributed by atoms with Crippen molar-refractivity contribution >= 4 is 15.7 Å². The number of hydrogen-bond donors (Lipinski definition) is 2. The topological polar surface area (TPSA) is 58.2 Å². The number of fused-ring (bicyclic) bond motifs is 1. The van der Waals surface area contributed by atoms with Gasteiger partial charge in [0.2, 0.25) is 10.0 Å². The van der Waals surface area contributed by atoms with Crippen LogP contribution in [0.1, 0.15) is 24.8 Å². The van der Waals surface area contributed by atoms with Gasteiger partial charge in [-0.2, -0.15) is 0 Å². The largest absolute Gasteiger partial charge is 0.385 e. The van der Waals surface area contributed by atoms with E-state index >= 15 is 0 Å². The van der Waals surface area contributed by atoms with Crippen LogP contribution in [0, 0.1) is 0 Å². The number of benzene rings is 1.